The number of fused-ring (bicyclic) bond motifs is 22. The maximum Gasteiger partial charge on any atom is 0.420 e. The number of furan rings is 2. The Morgan fingerprint density at radius 3 is 1.26 bits per heavy atom. The molecule has 468 valence electrons. The highest BCUT2D eigenvalue weighted by molar-refractivity contribution is 6.20. The number of benzene rings is 13. The summed E-state index contributed by atoms with van der Waals surface area (Å²) in [6.45, 7) is 13.0. The third-order valence-corrected chi connectivity index (χ3v) is 20.3. The number of rotatable bonds is 6. The number of anilines is 6. The molecule has 16 aromatic rings. The standard InChI is InChI=1S/C85H59F6N3O2/c1-81(2,3)50-33-37-52(38-34-50)92(72-29-15-23-60-58-21-13-26-67(84(86,87)88)77(58)95-79(60)72)54-41-44-70-62(45-54)63-46-55(93(53-39-35-51(36-40-53)82(4,5)6)73-30-16-24-61-59-22-14-27-68(85(89,90)91)78(59)96-80(61)73)47-69-76(63)94(70)71-28-12-11-25-64(71)83(69)65-42-31-48-17-7-9-19-56(48)74(65)75-57-20-10-8-18-49(57)32-43-66(75)83/h7-47H,1-6H3. The van der Waals surface area contributed by atoms with Gasteiger partial charge in [0.15, 0.2) is 11.2 Å². The van der Waals surface area contributed by atoms with Crippen molar-refractivity contribution in [3.63, 3.8) is 0 Å². The zero-order valence-corrected chi connectivity index (χ0v) is 53.1. The minimum Gasteiger partial charge on any atom is -0.453 e. The predicted molar refractivity (Wildman–Crippen MR) is 378 cm³/mol. The fourth-order valence-corrected chi connectivity index (χ4v) is 16.0. The van der Waals surface area contributed by atoms with Gasteiger partial charge in [-0.3, -0.25) is 0 Å². The Labute approximate surface area is 548 Å². The number of nitrogens with zero attached hydrogens (tertiary/aromatic N) is 3. The van der Waals surface area contributed by atoms with E-state index in [1.165, 1.54) is 12.1 Å². The van der Waals surface area contributed by atoms with Crippen molar-refractivity contribution in [1.82, 2.24) is 4.57 Å². The summed E-state index contributed by atoms with van der Waals surface area (Å²) in [5.74, 6) is 0. The summed E-state index contributed by atoms with van der Waals surface area (Å²) in [5, 5.41) is 7.93. The van der Waals surface area contributed by atoms with E-state index in [1.807, 2.05) is 36.4 Å². The number of para-hydroxylation sites is 5. The molecule has 3 aromatic heterocycles. The van der Waals surface area contributed by atoms with Crippen molar-refractivity contribution in [2.45, 2.75) is 70.1 Å². The van der Waals surface area contributed by atoms with Gasteiger partial charge in [-0.15, -0.1) is 0 Å². The van der Waals surface area contributed by atoms with Crippen LogP contribution in [0.1, 0.15) is 86.1 Å². The van der Waals surface area contributed by atoms with Crippen LogP contribution in [0.5, 0.6) is 0 Å². The first-order valence-electron chi connectivity index (χ1n) is 32.3. The molecule has 11 heteroatoms. The van der Waals surface area contributed by atoms with E-state index in [9.17, 15) is 13.2 Å². The lowest BCUT2D eigenvalue weighted by Crippen LogP contribution is -2.33. The second-order valence-corrected chi connectivity index (χ2v) is 27.7. The molecule has 5 nitrogen and oxygen atoms in total. The highest BCUT2D eigenvalue weighted by Gasteiger charge is 2.52. The van der Waals surface area contributed by atoms with Crippen LogP contribution in [0.4, 0.5) is 60.5 Å². The van der Waals surface area contributed by atoms with Gasteiger partial charge >= 0.3 is 12.4 Å². The van der Waals surface area contributed by atoms with Gasteiger partial charge in [0.1, 0.15) is 11.2 Å². The van der Waals surface area contributed by atoms with Crippen LogP contribution < -0.4 is 9.80 Å². The minimum absolute atomic E-state index is 0.197. The first-order chi connectivity index (χ1) is 46.2. The summed E-state index contributed by atoms with van der Waals surface area (Å²) < 4.78 is 106. The molecule has 1 aliphatic carbocycles. The Hall–Kier alpha value is -11.0. The summed E-state index contributed by atoms with van der Waals surface area (Å²) >= 11 is 0. The lowest BCUT2D eigenvalue weighted by molar-refractivity contribution is -0.137. The van der Waals surface area contributed by atoms with Gasteiger partial charge in [0.05, 0.1) is 44.6 Å². The SMILES string of the molecule is CC(C)(C)c1ccc(N(c2ccc3c(c2)c2cc(N(c4ccc(C(C)(C)C)cc4)c4cccc5c4oc4c(C(F)(F)F)cccc45)cc4c2n3-c2ccccc2C42c3ccc4ccccc4c3-c3c2ccc2ccccc32)c2cccc3c2oc2c(C(F)(F)F)cccc23)cc1. The molecule has 0 saturated heterocycles. The quantitative estimate of drug-likeness (QED) is 0.156. The van der Waals surface area contributed by atoms with Gasteiger partial charge in [0.2, 0.25) is 0 Å². The fourth-order valence-electron chi connectivity index (χ4n) is 16.0. The van der Waals surface area contributed by atoms with E-state index in [1.54, 1.807) is 12.1 Å². The van der Waals surface area contributed by atoms with E-state index < -0.39 is 28.9 Å². The topological polar surface area (TPSA) is 37.7 Å². The van der Waals surface area contributed by atoms with Crippen LogP contribution in [-0.4, -0.2) is 4.57 Å². The molecule has 0 saturated carbocycles. The largest absolute Gasteiger partial charge is 0.453 e. The van der Waals surface area contributed by atoms with Gasteiger partial charge in [-0.05, 0) is 162 Å². The van der Waals surface area contributed by atoms with Gasteiger partial charge < -0.3 is 23.2 Å². The molecule has 0 atom stereocenters. The van der Waals surface area contributed by atoms with E-state index >= 15 is 13.2 Å². The zero-order chi connectivity index (χ0) is 65.7. The highest BCUT2D eigenvalue weighted by Crippen LogP contribution is 2.65. The van der Waals surface area contributed by atoms with Gasteiger partial charge in [-0.2, -0.15) is 26.3 Å². The number of hydrogen-bond donors (Lipinski definition) is 0. The van der Waals surface area contributed by atoms with Crippen molar-refractivity contribution in [3.05, 3.63) is 293 Å². The Bertz CT molecular complexity index is 5890. The van der Waals surface area contributed by atoms with Crippen molar-refractivity contribution in [3.8, 4) is 16.8 Å². The third kappa shape index (κ3) is 8.18. The van der Waals surface area contributed by atoms with E-state index in [4.69, 9.17) is 8.83 Å². The summed E-state index contributed by atoms with van der Waals surface area (Å²) in [4.78, 5) is 4.22. The van der Waals surface area contributed by atoms with E-state index in [0.29, 0.717) is 49.9 Å². The minimum atomic E-state index is -4.70. The number of halogens is 6. The Morgan fingerprint density at radius 2 is 0.760 bits per heavy atom. The zero-order valence-electron chi connectivity index (χ0n) is 53.1. The molecule has 0 bridgehead atoms. The molecule has 1 aliphatic heterocycles. The maximum atomic E-state index is 15.1. The van der Waals surface area contributed by atoms with Crippen LogP contribution in [-0.2, 0) is 28.6 Å². The molecule has 2 aliphatic rings. The molecular formula is C85H59F6N3O2. The van der Waals surface area contributed by atoms with Crippen molar-refractivity contribution in [1.29, 1.82) is 0 Å². The Morgan fingerprint density at radius 1 is 0.333 bits per heavy atom. The average Bonchev–Trinajstić information content (AvgIpc) is 1.48. The summed E-state index contributed by atoms with van der Waals surface area (Å²) in [6.07, 6.45) is -9.38. The Balaban J connectivity index is 0.998. The van der Waals surface area contributed by atoms with Crippen LogP contribution in [0.2, 0.25) is 0 Å². The number of alkyl halides is 6. The Kier molecular flexibility index (Phi) is 12.0. The van der Waals surface area contributed by atoms with Gasteiger partial charge in [-0.25, -0.2) is 0 Å². The third-order valence-electron chi connectivity index (χ3n) is 20.3. The lowest BCUT2D eigenvalue weighted by Gasteiger charge is -2.40. The van der Waals surface area contributed by atoms with Crippen LogP contribution in [0.25, 0.3) is 104 Å². The number of aromatic nitrogens is 1. The van der Waals surface area contributed by atoms with Crippen molar-refractivity contribution < 1.29 is 35.2 Å². The first-order valence-corrected chi connectivity index (χ1v) is 32.3. The maximum absolute atomic E-state index is 15.1. The predicted octanol–water partition coefficient (Wildman–Crippen LogP) is 25.1. The molecular weight excluding hydrogens is 1210 g/mol. The molecule has 0 amide bonds. The van der Waals surface area contributed by atoms with Gasteiger partial charge in [0, 0.05) is 55.1 Å². The first kappa shape index (κ1) is 57.6. The van der Waals surface area contributed by atoms with Crippen molar-refractivity contribution >= 4 is 121 Å². The summed E-state index contributed by atoms with van der Waals surface area (Å²) in [5.41, 5.74) is 12.5. The van der Waals surface area contributed by atoms with E-state index in [2.05, 4.69) is 232 Å². The monoisotopic (exact) mass is 1270 g/mol. The van der Waals surface area contributed by atoms with Crippen LogP contribution in [0, 0.1) is 0 Å². The summed E-state index contributed by atoms with van der Waals surface area (Å²) in [6, 6.07) is 82.2. The molecule has 13 aromatic carbocycles. The second kappa shape index (κ2) is 20.0. The molecule has 96 heavy (non-hydrogen) atoms. The van der Waals surface area contributed by atoms with E-state index in [-0.39, 0.29) is 27.6 Å². The van der Waals surface area contributed by atoms with Crippen LogP contribution >= 0.6 is 0 Å². The van der Waals surface area contributed by atoms with Crippen LogP contribution in [0.3, 0.4) is 0 Å². The lowest BCUT2D eigenvalue weighted by atomic mass is 9.65. The average molecular weight is 1270 g/mol. The molecule has 18 rings (SSSR count). The smallest absolute Gasteiger partial charge is 0.420 e. The molecule has 1 spiro atoms. The van der Waals surface area contributed by atoms with Crippen molar-refractivity contribution in [2.75, 3.05) is 9.80 Å². The molecule has 0 radical (unpaired) electrons. The van der Waals surface area contributed by atoms with Crippen LogP contribution in [0.15, 0.2) is 258 Å². The summed E-state index contributed by atoms with van der Waals surface area (Å²) in [7, 11) is 0. The normalized spacial score (nSPS) is 13.7. The molecule has 0 N–H and O–H groups in total. The molecule has 4 heterocycles. The second-order valence-electron chi connectivity index (χ2n) is 27.7. The van der Waals surface area contributed by atoms with Gasteiger partial charge in [-0.1, -0.05) is 205 Å². The highest BCUT2D eigenvalue weighted by atomic mass is 19.4. The molecule has 0 fully saturated rings. The van der Waals surface area contributed by atoms with E-state index in [0.717, 1.165) is 117 Å². The van der Waals surface area contributed by atoms with Gasteiger partial charge in [0.25, 0.3) is 0 Å². The fraction of sp³-hybridized carbons (Fsp3) is 0.129. The molecule has 0 unspecified atom stereocenters. The van der Waals surface area contributed by atoms with Crippen molar-refractivity contribution in [2.24, 2.45) is 0 Å². The number of hydrogen-bond acceptors (Lipinski definition) is 4.